The Kier molecular flexibility index (Phi) is 4.25. The topological polar surface area (TPSA) is 83.5 Å². The summed E-state index contributed by atoms with van der Waals surface area (Å²) in [4.78, 5) is 4.49. The predicted octanol–water partition coefficient (Wildman–Crippen LogP) is 3.93. The van der Waals surface area contributed by atoms with Crippen molar-refractivity contribution in [2.45, 2.75) is 6.92 Å². The van der Waals surface area contributed by atoms with Crippen LogP contribution < -0.4 is 11.2 Å². The molecule has 0 unspecified atom stereocenters. The van der Waals surface area contributed by atoms with E-state index in [4.69, 9.17) is 5.73 Å². The van der Waals surface area contributed by atoms with Crippen LogP contribution >= 0.6 is 11.3 Å². The summed E-state index contributed by atoms with van der Waals surface area (Å²) < 4.78 is 0. The van der Waals surface area contributed by atoms with Gasteiger partial charge in [0.2, 0.25) is 5.13 Å². The standard InChI is InChI=1S/C17H16N4OS/c1-11(13-3-2-4-14(18)9-13)20-21-17-19-16(10-23-17)12-5-7-15(22)8-6-12/h2-10,22H,18H2,1H3,(H,19,21). The SMILES string of the molecule is CC(=NNc1nc(-c2ccc(O)cc2)cs1)c1cccc(N)c1. The van der Waals surface area contributed by atoms with Gasteiger partial charge in [0.1, 0.15) is 5.75 Å². The summed E-state index contributed by atoms with van der Waals surface area (Å²) in [5.41, 5.74) is 13.0. The molecule has 0 aliphatic heterocycles. The fraction of sp³-hybridized carbons (Fsp3) is 0.0588. The number of hydrogen-bond donors (Lipinski definition) is 3. The van der Waals surface area contributed by atoms with Crippen molar-refractivity contribution in [1.29, 1.82) is 0 Å². The van der Waals surface area contributed by atoms with E-state index in [0.29, 0.717) is 10.8 Å². The maximum absolute atomic E-state index is 9.33. The summed E-state index contributed by atoms with van der Waals surface area (Å²) >= 11 is 1.47. The number of nitrogen functional groups attached to an aromatic ring is 1. The molecule has 0 radical (unpaired) electrons. The number of phenolic OH excluding ortho intramolecular Hbond substituents is 1. The van der Waals surface area contributed by atoms with E-state index in [9.17, 15) is 5.11 Å². The van der Waals surface area contributed by atoms with Crippen LogP contribution in [-0.4, -0.2) is 15.8 Å². The van der Waals surface area contributed by atoms with Gasteiger partial charge in [0.05, 0.1) is 11.4 Å². The Balaban J connectivity index is 1.74. The molecule has 0 bridgehead atoms. The molecule has 0 amide bonds. The van der Waals surface area contributed by atoms with E-state index in [2.05, 4.69) is 15.5 Å². The van der Waals surface area contributed by atoms with Crippen LogP contribution in [0, 0.1) is 0 Å². The molecule has 0 aliphatic rings. The lowest BCUT2D eigenvalue weighted by Crippen LogP contribution is -2.00. The Bertz CT molecular complexity index is 840. The number of thiazole rings is 1. The van der Waals surface area contributed by atoms with Gasteiger partial charge in [-0.1, -0.05) is 12.1 Å². The number of nitrogens with two attached hydrogens (primary N) is 1. The van der Waals surface area contributed by atoms with Gasteiger partial charge in [0.15, 0.2) is 0 Å². The number of benzene rings is 2. The lowest BCUT2D eigenvalue weighted by Gasteiger charge is -2.02. The van der Waals surface area contributed by atoms with Gasteiger partial charge in [-0.3, -0.25) is 5.43 Å². The number of hydrogen-bond acceptors (Lipinski definition) is 6. The first-order valence-electron chi connectivity index (χ1n) is 7.03. The molecule has 0 atom stereocenters. The van der Waals surface area contributed by atoms with Gasteiger partial charge in [0, 0.05) is 16.6 Å². The Hall–Kier alpha value is -2.86. The minimum atomic E-state index is 0.240. The molecular weight excluding hydrogens is 308 g/mol. The molecule has 5 nitrogen and oxygen atoms in total. The predicted molar refractivity (Wildman–Crippen MR) is 95.9 cm³/mol. The summed E-state index contributed by atoms with van der Waals surface area (Å²) in [6.45, 7) is 1.91. The number of aromatic nitrogens is 1. The molecule has 116 valence electrons. The fourth-order valence-corrected chi connectivity index (χ4v) is 2.71. The van der Waals surface area contributed by atoms with Crippen LogP contribution in [0.5, 0.6) is 5.75 Å². The number of phenols is 1. The highest BCUT2D eigenvalue weighted by Crippen LogP contribution is 2.26. The first kappa shape index (κ1) is 15.1. The van der Waals surface area contributed by atoms with Gasteiger partial charge in [-0.2, -0.15) is 5.10 Å². The summed E-state index contributed by atoms with van der Waals surface area (Å²) in [7, 11) is 0. The van der Waals surface area contributed by atoms with Crippen LogP contribution in [0.15, 0.2) is 59.0 Å². The number of aromatic hydroxyl groups is 1. The first-order valence-corrected chi connectivity index (χ1v) is 7.91. The molecule has 3 aromatic rings. The molecule has 6 heteroatoms. The lowest BCUT2D eigenvalue weighted by atomic mass is 10.1. The Morgan fingerprint density at radius 2 is 2.00 bits per heavy atom. The van der Waals surface area contributed by atoms with Crippen molar-refractivity contribution in [3.05, 3.63) is 59.5 Å². The van der Waals surface area contributed by atoms with Crippen molar-refractivity contribution in [2.75, 3.05) is 11.2 Å². The van der Waals surface area contributed by atoms with Crippen LogP contribution in [0.4, 0.5) is 10.8 Å². The Morgan fingerprint density at radius 3 is 2.74 bits per heavy atom. The number of nitrogens with zero attached hydrogens (tertiary/aromatic N) is 2. The van der Waals surface area contributed by atoms with Gasteiger partial charge >= 0.3 is 0 Å². The van der Waals surface area contributed by atoms with Gasteiger partial charge in [-0.15, -0.1) is 11.3 Å². The normalized spacial score (nSPS) is 11.4. The van der Waals surface area contributed by atoms with Crippen LogP contribution in [-0.2, 0) is 0 Å². The third-order valence-corrected chi connectivity index (χ3v) is 4.04. The zero-order chi connectivity index (χ0) is 16.2. The minimum Gasteiger partial charge on any atom is -0.508 e. The van der Waals surface area contributed by atoms with Crippen molar-refractivity contribution in [2.24, 2.45) is 5.10 Å². The zero-order valence-corrected chi connectivity index (χ0v) is 13.3. The van der Waals surface area contributed by atoms with Gasteiger partial charge < -0.3 is 10.8 Å². The highest BCUT2D eigenvalue weighted by molar-refractivity contribution is 7.14. The third-order valence-electron chi connectivity index (χ3n) is 3.29. The fourth-order valence-electron chi connectivity index (χ4n) is 2.05. The molecule has 0 aliphatic carbocycles. The van der Waals surface area contributed by atoms with E-state index in [-0.39, 0.29) is 5.75 Å². The molecule has 0 saturated carbocycles. The third kappa shape index (κ3) is 3.67. The van der Waals surface area contributed by atoms with Crippen molar-refractivity contribution in [3.63, 3.8) is 0 Å². The smallest absolute Gasteiger partial charge is 0.203 e. The van der Waals surface area contributed by atoms with Gasteiger partial charge in [-0.05, 0) is 48.9 Å². The Morgan fingerprint density at radius 1 is 1.22 bits per heavy atom. The van der Waals surface area contributed by atoms with E-state index in [1.165, 1.54) is 11.3 Å². The molecule has 2 aromatic carbocycles. The van der Waals surface area contributed by atoms with Crippen molar-refractivity contribution in [3.8, 4) is 17.0 Å². The highest BCUT2D eigenvalue weighted by Gasteiger charge is 2.04. The Labute approximate surface area is 138 Å². The second kappa shape index (κ2) is 6.50. The lowest BCUT2D eigenvalue weighted by molar-refractivity contribution is 0.475. The average molecular weight is 324 g/mol. The minimum absolute atomic E-state index is 0.240. The average Bonchev–Trinajstić information content (AvgIpc) is 3.02. The van der Waals surface area contributed by atoms with Crippen molar-refractivity contribution in [1.82, 2.24) is 4.98 Å². The summed E-state index contributed by atoms with van der Waals surface area (Å²) in [6.07, 6.45) is 0. The summed E-state index contributed by atoms with van der Waals surface area (Å²) in [5, 5.41) is 16.3. The second-order valence-electron chi connectivity index (χ2n) is 5.02. The highest BCUT2D eigenvalue weighted by atomic mass is 32.1. The monoisotopic (exact) mass is 324 g/mol. The molecule has 1 heterocycles. The van der Waals surface area contributed by atoms with Crippen LogP contribution in [0.3, 0.4) is 0 Å². The van der Waals surface area contributed by atoms with E-state index in [1.807, 2.05) is 48.7 Å². The van der Waals surface area contributed by atoms with Crippen LogP contribution in [0.1, 0.15) is 12.5 Å². The van der Waals surface area contributed by atoms with Crippen LogP contribution in [0.2, 0.25) is 0 Å². The summed E-state index contributed by atoms with van der Waals surface area (Å²) in [5.74, 6) is 0.240. The zero-order valence-electron chi connectivity index (χ0n) is 12.5. The molecule has 0 fully saturated rings. The maximum atomic E-state index is 9.33. The van der Waals surface area contributed by atoms with E-state index in [1.54, 1.807) is 12.1 Å². The van der Waals surface area contributed by atoms with Gasteiger partial charge in [0.25, 0.3) is 0 Å². The molecule has 1 aromatic heterocycles. The number of nitrogens with one attached hydrogen (secondary N) is 1. The van der Waals surface area contributed by atoms with Crippen molar-refractivity contribution < 1.29 is 5.11 Å². The molecule has 4 N–H and O–H groups in total. The van der Waals surface area contributed by atoms with Crippen LogP contribution in [0.25, 0.3) is 11.3 Å². The second-order valence-corrected chi connectivity index (χ2v) is 5.88. The van der Waals surface area contributed by atoms with E-state index >= 15 is 0 Å². The molecule has 23 heavy (non-hydrogen) atoms. The van der Waals surface area contributed by atoms with Gasteiger partial charge in [-0.25, -0.2) is 4.98 Å². The largest absolute Gasteiger partial charge is 0.508 e. The maximum Gasteiger partial charge on any atom is 0.203 e. The number of rotatable bonds is 4. The molecule has 0 saturated heterocycles. The number of hydrazone groups is 1. The first-order chi connectivity index (χ1) is 11.1. The molecule has 0 spiro atoms. The quantitative estimate of drug-likeness (QED) is 0.386. The summed E-state index contributed by atoms with van der Waals surface area (Å²) in [6, 6.07) is 14.5. The number of anilines is 2. The molecular formula is C17H16N4OS. The van der Waals surface area contributed by atoms with Crippen molar-refractivity contribution >= 4 is 27.9 Å². The van der Waals surface area contributed by atoms with E-state index < -0.39 is 0 Å². The molecule has 3 rings (SSSR count). The van der Waals surface area contributed by atoms with E-state index in [0.717, 1.165) is 22.5 Å².